The largest absolute Gasteiger partial charge is 0.346 e. The number of nitrogens with one attached hydrogen (secondary N) is 2. The number of carbonyl (C=O) groups excluding carboxylic acids is 1. The molecule has 2 N–H and O–H groups in total. The van der Waals surface area contributed by atoms with Crippen LogP contribution in [0, 0.1) is 6.92 Å². The first-order valence-corrected chi connectivity index (χ1v) is 5.86. The van der Waals surface area contributed by atoms with Crippen molar-refractivity contribution in [2.75, 3.05) is 0 Å². The number of aromatic amines is 1. The average molecular weight is 249 g/mol. The minimum absolute atomic E-state index is 0.217. The van der Waals surface area contributed by atoms with Gasteiger partial charge in [-0.05, 0) is 19.1 Å². The number of hydrogen-bond donors (Lipinski definition) is 2. The Morgan fingerprint density at radius 1 is 1.53 bits per heavy atom. The van der Waals surface area contributed by atoms with E-state index >= 15 is 0 Å². The molecule has 88 valence electrons. The molecule has 0 saturated heterocycles. The van der Waals surface area contributed by atoms with Crippen molar-refractivity contribution in [3.63, 3.8) is 0 Å². The molecule has 17 heavy (non-hydrogen) atoms. The Morgan fingerprint density at radius 3 is 2.94 bits per heavy atom. The van der Waals surface area contributed by atoms with Gasteiger partial charge in [-0.2, -0.15) is 0 Å². The fourth-order valence-electron chi connectivity index (χ4n) is 1.38. The highest BCUT2D eigenvalue weighted by atomic mass is 32.1. The van der Waals surface area contributed by atoms with Gasteiger partial charge in [0, 0.05) is 11.9 Å². The Hall–Kier alpha value is -1.95. The number of carbonyl (C=O) groups is 1. The summed E-state index contributed by atoms with van der Waals surface area (Å²) in [6, 6.07) is 5.49. The summed E-state index contributed by atoms with van der Waals surface area (Å²) in [6.45, 7) is 2.05. The van der Waals surface area contributed by atoms with Gasteiger partial charge in [0.2, 0.25) is 0 Å². The Balaban J connectivity index is 2.03. The second-order valence-electron chi connectivity index (χ2n) is 3.47. The second kappa shape index (κ2) is 4.92. The number of pyridine rings is 1. The fourth-order valence-corrected chi connectivity index (χ4v) is 2.13. The van der Waals surface area contributed by atoms with E-state index in [9.17, 15) is 9.59 Å². The van der Waals surface area contributed by atoms with Gasteiger partial charge < -0.3 is 10.3 Å². The van der Waals surface area contributed by atoms with Gasteiger partial charge in [0.25, 0.3) is 5.91 Å². The van der Waals surface area contributed by atoms with Gasteiger partial charge in [-0.25, -0.2) is 0 Å². The van der Waals surface area contributed by atoms with E-state index in [-0.39, 0.29) is 10.8 Å². The first-order chi connectivity index (χ1) is 8.16. The quantitative estimate of drug-likeness (QED) is 0.854. The predicted molar refractivity (Wildman–Crippen MR) is 65.1 cm³/mol. The monoisotopic (exact) mass is 249 g/mol. The van der Waals surface area contributed by atoms with Crippen LogP contribution in [0.4, 0.5) is 0 Å². The van der Waals surface area contributed by atoms with Crippen LogP contribution in [-0.2, 0) is 6.54 Å². The molecule has 0 bridgehead atoms. The van der Waals surface area contributed by atoms with Gasteiger partial charge in [-0.3, -0.25) is 14.6 Å². The standard InChI is InChI=1S/C11H11N3O2S/c1-7-9(17-11(16)14-7)10(15)13-6-8-4-2-3-5-12-8/h2-5H,6H2,1H3,(H,13,15)(H,14,16). The van der Waals surface area contributed by atoms with Crippen LogP contribution in [-0.4, -0.2) is 15.9 Å². The summed E-state index contributed by atoms with van der Waals surface area (Å²) in [7, 11) is 0. The highest BCUT2D eigenvalue weighted by molar-refractivity contribution is 7.11. The van der Waals surface area contributed by atoms with Crippen molar-refractivity contribution in [1.29, 1.82) is 0 Å². The Kier molecular flexibility index (Phi) is 3.34. The maximum Gasteiger partial charge on any atom is 0.305 e. The average Bonchev–Trinajstić information content (AvgIpc) is 2.67. The molecule has 2 aromatic rings. The number of rotatable bonds is 3. The molecule has 1 amide bonds. The summed E-state index contributed by atoms with van der Waals surface area (Å²) in [5.74, 6) is -0.253. The molecule has 5 nitrogen and oxygen atoms in total. The predicted octanol–water partition coefficient (Wildman–Crippen LogP) is 1.07. The number of nitrogens with zero attached hydrogens (tertiary/aromatic N) is 1. The van der Waals surface area contributed by atoms with Gasteiger partial charge in [-0.15, -0.1) is 0 Å². The van der Waals surface area contributed by atoms with Crippen LogP contribution in [0.15, 0.2) is 29.2 Å². The van der Waals surface area contributed by atoms with Gasteiger partial charge >= 0.3 is 4.87 Å². The lowest BCUT2D eigenvalue weighted by atomic mass is 10.3. The molecular weight excluding hydrogens is 238 g/mol. The molecule has 0 aliphatic carbocycles. The third kappa shape index (κ3) is 2.79. The van der Waals surface area contributed by atoms with Crippen LogP contribution >= 0.6 is 11.3 Å². The molecule has 0 fully saturated rings. The summed E-state index contributed by atoms with van der Waals surface area (Å²) in [6.07, 6.45) is 1.67. The highest BCUT2D eigenvalue weighted by Crippen LogP contribution is 2.07. The number of aromatic nitrogens is 2. The van der Waals surface area contributed by atoms with Crippen molar-refractivity contribution in [2.24, 2.45) is 0 Å². The lowest BCUT2D eigenvalue weighted by Crippen LogP contribution is -2.23. The van der Waals surface area contributed by atoms with E-state index in [4.69, 9.17) is 0 Å². The topological polar surface area (TPSA) is 74.8 Å². The van der Waals surface area contributed by atoms with Crippen LogP contribution in [0.25, 0.3) is 0 Å². The number of amides is 1. The SMILES string of the molecule is Cc1[nH]c(=O)sc1C(=O)NCc1ccccn1. The van der Waals surface area contributed by atoms with E-state index in [1.807, 2.05) is 18.2 Å². The Labute approximate surface area is 102 Å². The van der Waals surface area contributed by atoms with Crippen molar-refractivity contribution in [1.82, 2.24) is 15.3 Å². The zero-order valence-electron chi connectivity index (χ0n) is 9.19. The lowest BCUT2D eigenvalue weighted by molar-refractivity contribution is 0.0953. The molecule has 2 heterocycles. The van der Waals surface area contributed by atoms with Gasteiger partial charge in [0.05, 0.1) is 12.2 Å². The fraction of sp³-hybridized carbons (Fsp3) is 0.182. The molecule has 2 aromatic heterocycles. The van der Waals surface area contributed by atoms with Gasteiger partial charge in [-0.1, -0.05) is 17.4 Å². The molecule has 0 radical (unpaired) electrons. The van der Waals surface area contributed by atoms with Crippen molar-refractivity contribution in [2.45, 2.75) is 13.5 Å². The summed E-state index contributed by atoms with van der Waals surface area (Å²) < 4.78 is 0. The van der Waals surface area contributed by atoms with Crippen LogP contribution in [0.5, 0.6) is 0 Å². The Morgan fingerprint density at radius 2 is 2.35 bits per heavy atom. The molecule has 0 aliphatic rings. The number of H-pyrrole nitrogens is 1. The van der Waals surface area contributed by atoms with Crippen LogP contribution in [0.3, 0.4) is 0 Å². The molecule has 0 saturated carbocycles. The van der Waals surface area contributed by atoms with Crippen molar-refractivity contribution < 1.29 is 4.79 Å². The smallest absolute Gasteiger partial charge is 0.305 e. The summed E-state index contributed by atoms with van der Waals surface area (Å²) in [5.41, 5.74) is 1.37. The summed E-state index contributed by atoms with van der Waals surface area (Å²) in [5, 5.41) is 2.72. The molecule has 0 spiro atoms. The maximum atomic E-state index is 11.8. The van der Waals surface area contributed by atoms with Crippen LogP contribution in [0.1, 0.15) is 21.1 Å². The molecule has 0 aliphatic heterocycles. The maximum absolute atomic E-state index is 11.8. The zero-order chi connectivity index (χ0) is 12.3. The van der Waals surface area contributed by atoms with E-state index < -0.39 is 0 Å². The molecule has 0 atom stereocenters. The van der Waals surface area contributed by atoms with Crippen LogP contribution < -0.4 is 10.2 Å². The first-order valence-electron chi connectivity index (χ1n) is 5.04. The molecule has 0 unspecified atom stereocenters. The zero-order valence-corrected chi connectivity index (χ0v) is 10.0. The number of thiazole rings is 1. The first kappa shape index (κ1) is 11.5. The van der Waals surface area contributed by atoms with Crippen LogP contribution in [0.2, 0.25) is 0 Å². The third-order valence-corrected chi connectivity index (χ3v) is 3.17. The van der Waals surface area contributed by atoms with E-state index in [1.54, 1.807) is 13.1 Å². The van der Waals surface area contributed by atoms with Gasteiger partial charge in [0.15, 0.2) is 0 Å². The normalized spacial score (nSPS) is 10.2. The van der Waals surface area contributed by atoms with E-state index in [2.05, 4.69) is 15.3 Å². The Bertz CT molecular complexity index is 574. The molecule has 2 rings (SSSR count). The van der Waals surface area contributed by atoms with Crippen molar-refractivity contribution in [3.05, 3.63) is 50.3 Å². The second-order valence-corrected chi connectivity index (χ2v) is 4.46. The number of hydrogen-bond acceptors (Lipinski definition) is 4. The van der Waals surface area contributed by atoms with Gasteiger partial charge in [0.1, 0.15) is 4.88 Å². The summed E-state index contributed by atoms with van der Waals surface area (Å²) >= 11 is 0.914. The highest BCUT2D eigenvalue weighted by Gasteiger charge is 2.12. The molecule has 0 aromatic carbocycles. The molecular formula is C11H11N3O2S. The van der Waals surface area contributed by atoms with E-state index in [0.29, 0.717) is 17.1 Å². The molecule has 6 heteroatoms. The third-order valence-electron chi connectivity index (χ3n) is 2.19. The van der Waals surface area contributed by atoms with E-state index in [0.717, 1.165) is 17.0 Å². The minimum atomic E-state index is -0.253. The lowest BCUT2D eigenvalue weighted by Gasteiger charge is -2.02. The van der Waals surface area contributed by atoms with Crippen molar-refractivity contribution in [3.8, 4) is 0 Å². The number of aryl methyl sites for hydroxylation is 1. The van der Waals surface area contributed by atoms with Crippen molar-refractivity contribution >= 4 is 17.2 Å². The summed E-state index contributed by atoms with van der Waals surface area (Å²) in [4.78, 5) is 29.7. The van der Waals surface area contributed by atoms with E-state index in [1.165, 1.54) is 0 Å². The minimum Gasteiger partial charge on any atom is -0.346 e.